The lowest BCUT2D eigenvalue weighted by molar-refractivity contribution is -0.0503. The predicted molar refractivity (Wildman–Crippen MR) is 72.7 cm³/mol. The maximum atomic E-state index is 10.2. The maximum absolute atomic E-state index is 10.2. The first-order valence-electron chi connectivity index (χ1n) is 6.52. The summed E-state index contributed by atoms with van der Waals surface area (Å²) < 4.78 is 7.16. The van der Waals surface area contributed by atoms with Crippen LogP contribution in [0.2, 0.25) is 0 Å². The Morgan fingerprint density at radius 1 is 1.33 bits per heavy atom. The van der Waals surface area contributed by atoms with Gasteiger partial charge in [0.2, 0.25) is 5.95 Å². The molecule has 114 valence electrons. The zero-order valence-electron chi connectivity index (χ0n) is 11.7. The molecule has 2 aromatic rings. The third-order valence-electron chi connectivity index (χ3n) is 3.51. The Hall–Kier alpha value is -1.81. The van der Waals surface area contributed by atoms with E-state index in [1.807, 2.05) is 0 Å². The van der Waals surface area contributed by atoms with Crippen molar-refractivity contribution in [3.8, 4) is 0 Å². The molecule has 2 aromatic heterocycles. The van der Waals surface area contributed by atoms with Crippen molar-refractivity contribution in [2.24, 2.45) is 0 Å². The molecule has 3 rings (SSSR count). The lowest BCUT2D eigenvalue weighted by Crippen LogP contribution is -2.33. The van der Waals surface area contributed by atoms with Gasteiger partial charge in [-0.15, -0.1) is 0 Å². The van der Waals surface area contributed by atoms with Gasteiger partial charge in [0.05, 0.1) is 12.8 Å². The van der Waals surface area contributed by atoms with Crippen molar-refractivity contribution in [3.63, 3.8) is 0 Å². The minimum Gasteiger partial charge on any atom is -0.394 e. The van der Waals surface area contributed by atoms with Gasteiger partial charge in [0.15, 0.2) is 11.9 Å². The number of aliphatic hydroxyl groups is 3. The number of hydrogen-bond acceptors (Lipinski definition) is 8. The lowest BCUT2D eigenvalue weighted by Gasteiger charge is -2.21. The minimum atomic E-state index is -1.19. The smallest absolute Gasteiger partial charge is 0.209 e. The molecule has 0 spiro atoms. The Bertz CT molecular complexity index is 646. The van der Waals surface area contributed by atoms with Crippen LogP contribution in [0.5, 0.6) is 0 Å². The monoisotopic (exact) mass is 295 g/mol. The second-order valence-electron chi connectivity index (χ2n) is 5.14. The van der Waals surface area contributed by atoms with Crippen molar-refractivity contribution in [3.05, 3.63) is 12.5 Å². The third kappa shape index (κ3) is 2.14. The average molecular weight is 295 g/mol. The number of aliphatic hydroxyl groups excluding tert-OH is 3. The Morgan fingerprint density at radius 3 is 2.71 bits per heavy atom. The molecule has 1 saturated heterocycles. The summed E-state index contributed by atoms with van der Waals surface area (Å²) >= 11 is 0. The molecule has 9 nitrogen and oxygen atoms in total. The van der Waals surface area contributed by atoms with Gasteiger partial charge < -0.3 is 25.0 Å². The first kappa shape index (κ1) is 14.1. The van der Waals surface area contributed by atoms with Gasteiger partial charge in [-0.25, -0.2) is 15.0 Å². The van der Waals surface area contributed by atoms with Crippen molar-refractivity contribution in [1.29, 1.82) is 0 Å². The highest BCUT2D eigenvalue weighted by Crippen LogP contribution is 2.34. The molecule has 0 bridgehead atoms. The summed E-state index contributed by atoms with van der Waals surface area (Å²) in [7, 11) is 3.60. The summed E-state index contributed by atoms with van der Waals surface area (Å²) in [6.45, 7) is -0.381. The van der Waals surface area contributed by atoms with Crippen LogP contribution in [0.15, 0.2) is 12.5 Å². The Kier molecular flexibility index (Phi) is 3.49. The topological polar surface area (TPSA) is 117 Å². The second kappa shape index (κ2) is 5.19. The summed E-state index contributed by atoms with van der Waals surface area (Å²) in [6, 6.07) is 0. The summed E-state index contributed by atoms with van der Waals surface area (Å²) in [5.41, 5.74) is 1.04. The fraction of sp³-hybridized carbons (Fsp3) is 0.583. The summed E-state index contributed by atoms with van der Waals surface area (Å²) in [4.78, 5) is 14.2. The molecule has 0 aliphatic carbocycles. The van der Waals surface area contributed by atoms with E-state index in [0.717, 1.165) is 0 Å². The summed E-state index contributed by atoms with van der Waals surface area (Å²) in [5, 5.41) is 29.3. The van der Waals surface area contributed by atoms with Crippen LogP contribution in [0.25, 0.3) is 11.2 Å². The molecule has 0 amide bonds. The Balaban J connectivity index is 2.13. The van der Waals surface area contributed by atoms with Crippen molar-refractivity contribution in [1.82, 2.24) is 19.5 Å². The molecule has 0 radical (unpaired) electrons. The molecule has 0 unspecified atom stereocenters. The Labute approximate surface area is 120 Å². The maximum Gasteiger partial charge on any atom is 0.209 e. The quantitative estimate of drug-likeness (QED) is 0.626. The lowest BCUT2D eigenvalue weighted by atomic mass is 10.1. The number of imidazole rings is 1. The van der Waals surface area contributed by atoms with Crippen LogP contribution in [-0.4, -0.2) is 73.9 Å². The molecule has 3 N–H and O–H groups in total. The van der Waals surface area contributed by atoms with Crippen LogP contribution < -0.4 is 4.90 Å². The molecule has 0 aromatic carbocycles. The fourth-order valence-electron chi connectivity index (χ4n) is 2.48. The van der Waals surface area contributed by atoms with Crippen LogP contribution in [0, 0.1) is 0 Å². The first-order chi connectivity index (χ1) is 10.0. The van der Waals surface area contributed by atoms with E-state index in [9.17, 15) is 15.3 Å². The van der Waals surface area contributed by atoms with E-state index in [4.69, 9.17) is 4.74 Å². The third-order valence-corrected chi connectivity index (χ3v) is 3.51. The molecule has 3 heterocycles. The zero-order valence-corrected chi connectivity index (χ0v) is 11.7. The van der Waals surface area contributed by atoms with E-state index in [1.165, 1.54) is 6.33 Å². The number of aromatic nitrogens is 4. The van der Waals surface area contributed by atoms with Gasteiger partial charge in [-0.3, -0.25) is 4.57 Å². The van der Waals surface area contributed by atoms with Gasteiger partial charge in [0.25, 0.3) is 0 Å². The molecule has 0 saturated carbocycles. The molecule has 21 heavy (non-hydrogen) atoms. The number of nitrogens with zero attached hydrogens (tertiary/aromatic N) is 5. The van der Waals surface area contributed by atoms with Crippen LogP contribution in [0.3, 0.4) is 0 Å². The molecular weight excluding hydrogens is 278 g/mol. The van der Waals surface area contributed by atoms with E-state index in [-0.39, 0.29) is 6.61 Å². The van der Waals surface area contributed by atoms with Gasteiger partial charge in [0.1, 0.15) is 30.2 Å². The normalized spacial score (nSPS) is 29.2. The van der Waals surface area contributed by atoms with E-state index in [1.54, 1.807) is 29.8 Å². The molecule has 9 heteroatoms. The highest BCUT2D eigenvalue weighted by Gasteiger charge is 2.45. The number of hydrogen-bond donors (Lipinski definition) is 3. The average Bonchev–Trinajstić information content (AvgIpc) is 2.98. The van der Waals surface area contributed by atoms with Gasteiger partial charge >= 0.3 is 0 Å². The summed E-state index contributed by atoms with van der Waals surface area (Å²) in [6.07, 6.45) is -1.15. The minimum absolute atomic E-state index is 0.381. The van der Waals surface area contributed by atoms with Gasteiger partial charge in [0, 0.05) is 14.1 Å². The van der Waals surface area contributed by atoms with Crippen LogP contribution in [0.4, 0.5) is 5.95 Å². The van der Waals surface area contributed by atoms with Crippen molar-refractivity contribution in [2.45, 2.75) is 24.5 Å². The van der Waals surface area contributed by atoms with Crippen molar-refractivity contribution >= 4 is 17.1 Å². The summed E-state index contributed by atoms with van der Waals surface area (Å²) in [5.74, 6) is 0.514. The van der Waals surface area contributed by atoms with E-state index >= 15 is 0 Å². The predicted octanol–water partition coefficient (Wildman–Crippen LogP) is -1.50. The van der Waals surface area contributed by atoms with E-state index in [2.05, 4.69) is 15.0 Å². The van der Waals surface area contributed by atoms with Crippen LogP contribution in [-0.2, 0) is 4.74 Å². The number of rotatable bonds is 3. The van der Waals surface area contributed by atoms with Gasteiger partial charge in [-0.05, 0) is 0 Å². The van der Waals surface area contributed by atoms with Gasteiger partial charge in [-0.1, -0.05) is 0 Å². The SMILES string of the molecule is CN(C)c1nc2cncnc2n1[C@@H]1O[C@H](CO)[C@@H](O)[C@H]1O. The van der Waals surface area contributed by atoms with E-state index in [0.29, 0.717) is 17.1 Å². The first-order valence-corrected chi connectivity index (χ1v) is 6.52. The second-order valence-corrected chi connectivity index (χ2v) is 5.14. The van der Waals surface area contributed by atoms with Gasteiger partial charge in [-0.2, -0.15) is 0 Å². The van der Waals surface area contributed by atoms with Crippen molar-refractivity contribution in [2.75, 3.05) is 25.6 Å². The van der Waals surface area contributed by atoms with Crippen LogP contribution >= 0.6 is 0 Å². The van der Waals surface area contributed by atoms with Crippen molar-refractivity contribution < 1.29 is 20.1 Å². The van der Waals surface area contributed by atoms with Crippen LogP contribution in [0.1, 0.15) is 6.23 Å². The number of fused-ring (bicyclic) bond motifs is 1. The standard InChI is InChI=1S/C12H17N5O4/c1-16(2)12-15-6-3-13-5-14-10(6)17(12)11-9(20)8(19)7(4-18)21-11/h3,5,7-9,11,18-20H,4H2,1-2H3/t7-,8-,9-,11-/m1/s1. The Morgan fingerprint density at radius 2 is 2.10 bits per heavy atom. The highest BCUT2D eigenvalue weighted by atomic mass is 16.6. The number of ether oxygens (including phenoxy) is 1. The molecule has 1 fully saturated rings. The fourth-order valence-corrected chi connectivity index (χ4v) is 2.48. The zero-order chi connectivity index (χ0) is 15.1. The largest absolute Gasteiger partial charge is 0.394 e. The van der Waals surface area contributed by atoms with E-state index < -0.39 is 24.5 Å². The molecular formula is C12H17N5O4. The highest BCUT2D eigenvalue weighted by molar-refractivity contribution is 5.73. The molecule has 1 aliphatic heterocycles. The molecule has 4 atom stereocenters. The molecule has 1 aliphatic rings. The number of anilines is 1.